The maximum atomic E-state index is 5.72. The molecule has 2 N–H and O–H groups in total. The quantitative estimate of drug-likeness (QED) is 0.860. The molecule has 1 fully saturated rings. The van der Waals surface area contributed by atoms with Gasteiger partial charge in [0.05, 0.1) is 20.3 Å². The molecular weight excluding hydrogens is 272 g/mol. The predicted octanol–water partition coefficient (Wildman–Crippen LogP) is 1.94. The van der Waals surface area contributed by atoms with Crippen LogP contribution in [0.4, 0.5) is 0 Å². The van der Waals surface area contributed by atoms with E-state index in [4.69, 9.17) is 27.4 Å². The van der Waals surface area contributed by atoms with Gasteiger partial charge in [-0.25, -0.2) is 0 Å². The van der Waals surface area contributed by atoms with E-state index >= 15 is 0 Å². The van der Waals surface area contributed by atoms with Crippen molar-refractivity contribution in [2.45, 2.75) is 25.9 Å². The summed E-state index contributed by atoms with van der Waals surface area (Å²) in [4.78, 5) is 2.81. The van der Waals surface area contributed by atoms with Crippen molar-refractivity contribution >= 4 is 17.2 Å². The van der Waals surface area contributed by atoms with Crippen LogP contribution in [0, 0.1) is 0 Å². The van der Waals surface area contributed by atoms with Gasteiger partial charge in [0.2, 0.25) is 0 Å². The first-order chi connectivity index (χ1) is 9.44. The Morgan fingerprint density at radius 2 is 2.25 bits per heavy atom. The second-order valence-corrected chi connectivity index (χ2v) is 6.12. The maximum Gasteiger partial charge on any atom is 0.123 e. The Kier molecular flexibility index (Phi) is 4.62. The molecule has 0 aromatic heterocycles. The fourth-order valence-electron chi connectivity index (χ4n) is 2.44. The number of nitrogens with zero attached hydrogens (tertiary/aromatic N) is 1. The van der Waals surface area contributed by atoms with Crippen LogP contribution in [0.3, 0.4) is 0 Å². The van der Waals surface area contributed by atoms with E-state index in [1.54, 1.807) is 7.11 Å². The van der Waals surface area contributed by atoms with Gasteiger partial charge < -0.3 is 15.2 Å². The first-order valence-electron chi connectivity index (χ1n) is 6.73. The summed E-state index contributed by atoms with van der Waals surface area (Å²) in [6.07, 6.45) is 0. The van der Waals surface area contributed by atoms with Crippen molar-refractivity contribution in [2.75, 3.05) is 26.9 Å². The highest BCUT2D eigenvalue weighted by Crippen LogP contribution is 2.27. The summed E-state index contributed by atoms with van der Waals surface area (Å²) < 4.78 is 11.0. The van der Waals surface area contributed by atoms with Gasteiger partial charge >= 0.3 is 0 Å². The Morgan fingerprint density at radius 1 is 1.50 bits per heavy atom. The average Bonchev–Trinajstić information content (AvgIpc) is 2.41. The number of thiocarbonyl (C=S) groups is 1. The second kappa shape index (κ2) is 6.08. The van der Waals surface area contributed by atoms with Crippen molar-refractivity contribution in [1.82, 2.24) is 4.90 Å². The molecule has 1 heterocycles. The van der Waals surface area contributed by atoms with Crippen LogP contribution in [0.2, 0.25) is 0 Å². The summed E-state index contributed by atoms with van der Waals surface area (Å²) in [5.74, 6) is 0.868. The third-order valence-corrected chi connectivity index (χ3v) is 3.98. The van der Waals surface area contributed by atoms with Crippen LogP contribution in [0.1, 0.15) is 25.0 Å². The Morgan fingerprint density at radius 3 is 2.85 bits per heavy atom. The molecule has 1 aromatic carbocycles. The lowest BCUT2D eigenvalue weighted by atomic mass is 10.0. The van der Waals surface area contributed by atoms with Gasteiger partial charge in [-0.15, -0.1) is 0 Å². The molecule has 1 aromatic rings. The molecule has 0 bridgehead atoms. The molecule has 0 amide bonds. The predicted molar refractivity (Wildman–Crippen MR) is 84.2 cm³/mol. The van der Waals surface area contributed by atoms with Gasteiger partial charge in [-0.2, -0.15) is 0 Å². The standard InChI is InChI=1S/C15H22N2O2S/c1-15(2)10-19-7-6-17(15)9-12-8-11(14(16)20)4-5-13(12)18-3/h4-5,8H,6-7,9-10H2,1-3H3,(H2,16,20). The number of ether oxygens (including phenoxy) is 2. The number of benzene rings is 1. The molecule has 5 heteroatoms. The van der Waals surface area contributed by atoms with E-state index in [1.165, 1.54) is 0 Å². The average molecular weight is 294 g/mol. The monoisotopic (exact) mass is 294 g/mol. The molecule has 110 valence electrons. The lowest BCUT2D eigenvalue weighted by Crippen LogP contribution is -2.52. The van der Waals surface area contributed by atoms with Crippen molar-refractivity contribution in [1.29, 1.82) is 0 Å². The van der Waals surface area contributed by atoms with Gasteiger partial charge in [0.1, 0.15) is 10.7 Å². The van der Waals surface area contributed by atoms with Crippen LogP contribution < -0.4 is 10.5 Å². The smallest absolute Gasteiger partial charge is 0.123 e. The van der Waals surface area contributed by atoms with Crippen LogP contribution in [0.5, 0.6) is 5.75 Å². The van der Waals surface area contributed by atoms with Crippen LogP contribution in [0.25, 0.3) is 0 Å². The zero-order valence-corrected chi connectivity index (χ0v) is 13.1. The number of hydrogen-bond donors (Lipinski definition) is 1. The van der Waals surface area contributed by atoms with Crippen LogP contribution in [-0.4, -0.2) is 42.3 Å². The first-order valence-corrected chi connectivity index (χ1v) is 7.14. The molecular formula is C15H22N2O2S. The normalized spacial score (nSPS) is 18.8. The minimum atomic E-state index is 0.0164. The summed E-state index contributed by atoms with van der Waals surface area (Å²) in [5.41, 5.74) is 7.72. The lowest BCUT2D eigenvalue weighted by molar-refractivity contribution is -0.0554. The third-order valence-electron chi connectivity index (χ3n) is 3.74. The van der Waals surface area contributed by atoms with Gasteiger partial charge in [0, 0.05) is 29.8 Å². The molecule has 1 aliphatic rings. The molecule has 0 atom stereocenters. The molecule has 0 unspecified atom stereocenters. The van der Waals surface area contributed by atoms with Crippen molar-refractivity contribution in [3.8, 4) is 5.75 Å². The highest BCUT2D eigenvalue weighted by Gasteiger charge is 2.30. The summed E-state index contributed by atoms with van der Waals surface area (Å²) in [5, 5.41) is 0. The summed E-state index contributed by atoms with van der Waals surface area (Å²) in [6, 6.07) is 5.85. The van der Waals surface area contributed by atoms with Crippen LogP contribution in [0.15, 0.2) is 18.2 Å². The number of hydrogen-bond acceptors (Lipinski definition) is 4. The van der Waals surface area contributed by atoms with Crippen molar-refractivity contribution < 1.29 is 9.47 Å². The van der Waals surface area contributed by atoms with Crippen molar-refractivity contribution in [3.63, 3.8) is 0 Å². The lowest BCUT2D eigenvalue weighted by Gasteiger charge is -2.42. The molecule has 20 heavy (non-hydrogen) atoms. The Bertz CT molecular complexity index is 503. The molecule has 0 radical (unpaired) electrons. The van der Waals surface area contributed by atoms with E-state index < -0.39 is 0 Å². The SMILES string of the molecule is COc1ccc(C(N)=S)cc1CN1CCOCC1(C)C. The van der Waals surface area contributed by atoms with Crippen molar-refractivity contribution in [3.05, 3.63) is 29.3 Å². The van der Waals surface area contributed by atoms with E-state index in [9.17, 15) is 0 Å². The van der Waals surface area contributed by atoms with E-state index in [1.807, 2.05) is 18.2 Å². The first kappa shape index (κ1) is 15.2. The van der Waals surface area contributed by atoms with E-state index in [0.717, 1.165) is 43.2 Å². The van der Waals surface area contributed by atoms with Crippen molar-refractivity contribution in [2.24, 2.45) is 5.73 Å². The van der Waals surface area contributed by atoms with Gasteiger partial charge in [-0.3, -0.25) is 4.90 Å². The minimum absolute atomic E-state index is 0.0164. The Balaban J connectivity index is 2.26. The molecule has 4 nitrogen and oxygen atoms in total. The molecule has 1 aliphatic heterocycles. The number of nitrogens with two attached hydrogens (primary N) is 1. The summed E-state index contributed by atoms with van der Waals surface area (Å²) >= 11 is 5.05. The van der Waals surface area contributed by atoms with Gasteiger partial charge in [0.25, 0.3) is 0 Å². The Labute approximate surface area is 125 Å². The molecule has 0 saturated carbocycles. The highest BCUT2D eigenvalue weighted by atomic mass is 32.1. The molecule has 1 saturated heterocycles. The third kappa shape index (κ3) is 3.29. The maximum absolute atomic E-state index is 5.72. The summed E-state index contributed by atoms with van der Waals surface area (Å²) in [6.45, 7) is 7.60. The highest BCUT2D eigenvalue weighted by molar-refractivity contribution is 7.80. The summed E-state index contributed by atoms with van der Waals surface area (Å²) in [7, 11) is 1.68. The van der Waals surface area contributed by atoms with E-state index in [-0.39, 0.29) is 5.54 Å². The molecule has 0 spiro atoms. The molecule has 2 rings (SSSR count). The number of rotatable bonds is 4. The second-order valence-electron chi connectivity index (χ2n) is 5.68. The van der Waals surface area contributed by atoms with Crippen LogP contribution >= 0.6 is 12.2 Å². The molecule has 0 aliphatic carbocycles. The zero-order valence-electron chi connectivity index (χ0n) is 12.3. The largest absolute Gasteiger partial charge is 0.496 e. The minimum Gasteiger partial charge on any atom is -0.496 e. The Hall–Kier alpha value is -1.17. The number of morpholine rings is 1. The van der Waals surface area contributed by atoms with E-state index in [0.29, 0.717) is 4.99 Å². The van der Waals surface area contributed by atoms with Gasteiger partial charge in [0.15, 0.2) is 0 Å². The number of methoxy groups -OCH3 is 1. The van der Waals surface area contributed by atoms with Crippen LogP contribution in [-0.2, 0) is 11.3 Å². The van der Waals surface area contributed by atoms with Gasteiger partial charge in [-0.05, 0) is 32.0 Å². The fraction of sp³-hybridized carbons (Fsp3) is 0.533. The van der Waals surface area contributed by atoms with Gasteiger partial charge in [-0.1, -0.05) is 12.2 Å². The van der Waals surface area contributed by atoms with E-state index in [2.05, 4.69) is 18.7 Å². The topological polar surface area (TPSA) is 47.7 Å². The fourth-order valence-corrected chi connectivity index (χ4v) is 2.57. The zero-order chi connectivity index (χ0) is 14.8.